The van der Waals surface area contributed by atoms with Gasteiger partial charge in [-0.1, -0.05) is 32.6 Å². The van der Waals surface area contributed by atoms with Crippen molar-refractivity contribution in [2.75, 3.05) is 40.3 Å². The van der Waals surface area contributed by atoms with Crippen LogP contribution in [0.3, 0.4) is 0 Å². The Morgan fingerprint density at radius 1 is 1.15 bits per heavy atom. The van der Waals surface area contributed by atoms with Crippen LogP contribution < -0.4 is 10.6 Å². The summed E-state index contributed by atoms with van der Waals surface area (Å²) in [6, 6.07) is 0. The molecule has 6 nitrogen and oxygen atoms in total. The van der Waals surface area contributed by atoms with E-state index in [2.05, 4.69) is 22.5 Å². The number of carbonyl (C=O) groups excluding carboxylic acids is 1. The van der Waals surface area contributed by atoms with Gasteiger partial charge in [0.05, 0.1) is 6.10 Å². The molecule has 1 heterocycles. The summed E-state index contributed by atoms with van der Waals surface area (Å²) >= 11 is 0. The van der Waals surface area contributed by atoms with Crippen molar-refractivity contribution in [3.63, 3.8) is 0 Å². The highest BCUT2D eigenvalue weighted by molar-refractivity contribution is 14.0. The largest absolute Gasteiger partial charge is 0.376 e. The quantitative estimate of drug-likeness (QED) is 0.266. The molecule has 1 amide bonds. The molecule has 1 aliphatic carbocycles. The fourth-order valence-electron chi connectivity index (χ4n) is 3.53. The Morgan fingerprint density at radius 2 is 1.85 bits per heavy atom. The Balaban J connectivity index is 0.00000338. The van der Waals surface area contributed by atoms with Gasteiger partial charge in [-0.2, -0.15) is 0 Å². The summed E-state index contributed by atoms with van der Waals surface area (Å²) < 4.78 is 5.68. The zero-order chi connectivity index (χ0) is 18.1. The first-order valence-electron chi connectivity index (χ1n) is 9.82. The third-order valence-electron chi connectivity index (χ3n) is 5.39. The van der Waals surface area contributed by atoms with E-state index in [1.165, 1.54) is 38.5 Å². The number of guanidine groups is 1. The molecule has 1 saturated carbocycles. The van der Waals surface area contributed by atoms with Gasteiger partial charge in [-0.15, -0.1) is 24.0 Å². The standard InChI is InChI=1S/C19H36N4O2.HI/c1-19(10-6-4-5-7-11-19)15-22-18(21-14-17(24)23(2)3)20-13-16-9-8-12-25-16;/h16H,4-15H2,1-3H3,(H2,20,21,22);1H. The van der Waals surface area contributed by atoms with E-state index in [1.54, 1.807) is 19.0 Å². The Kier molecular flexibility index (Phi) is 10.8. The number of carbonyl (C=O) groups is 1. The van der Waals surface area contributed by atoms with Crippen molar-refractivity contribution in [3.8, 4) is 0 Å². The van der Waals surface area contributed by atoms with Gasteiger partial charge in [0, 0.05) is 33.8 Å². The monoisotopic (exact) mass is 480 g/mol. The van der Waals surface area contributed by atoms with Gasteiger partial charge < -0.3 is 20.3 Å². The predicted molar refractivity (Wildman–Crippen MR) is 117 cm³/mol. The molecule has 0 aromatic rings. The minimum absolute atomic E-state index is 0. The lowest BCUT2D eigenvalue weighted by molar-refractivity contribution is -0.127. The number of aliphatic imine (C=N–C) groups is 1. The summed E-state index contributed by atoms with van der Waals surface area (Å²) in [6.07, 6.45) is 10.3. The lowest BCUT2D eigenvalue weighted by Crippen LogP contribution is -2.45. The maximum absolute atomic E-state index is 11.9. The number of hydrogen-bond donors (Lipinski definition) is 2. The Bertz CT molecular complexity index is 443. The second-order valence-corrected chi connectivity index (χ2v) is 8.05. The molecule has 7 heteroatoms. The van der Waals surface area contributed by atoms with Crippen molar-refractivity contribution in [2.24, 2.45) is 10.4 Å². The first-order chi connectivity index (χ1) is 12.0. The number of amides is 1. The maximum atomic E-state index is 11.9. The summed E-state index contributed by atoms with van der Waals surface area (Å²) in [6.45, 7) is 5.04. The number of nitrogens with zero attached hydrogens (tertiary/aromatic N) is 2. The second-order valence-electron chi connectivity index (χ2n) is 8.05. The van der Waals surface area contributed by atoms with Crippen molar-refractivity contribution in [3.05, 3.63) is 0 Å². The van der Waals surface area contributed by atoms with Crippen LogP contribution in [0.15, 0.2) is 4.99 Å². The predicted octanol–water partition coefficient (Wildman–Crippen LogP) is 2.77. The van der Waals surface area contributed by atoms with Gasteiger partial charge in [-0.25, -0.2) is 4.99 Å². The molecule has 1 saturated heterocycles. The molecule has 0 radical (unpaired) electrons. The SMILES string of the molecule is CN(C)C(=O)CN=C(NCC1CCCO1)NCC1(C)CCCCCC1.I. The van der Waals surface area contributed by atoms with Crippen LogP contribution in [0.2, 0.25) is 0 Å². The second kappa shape index (κ2) is 12.0. The molecule has 0 bridgehead atoms. The molecule has 2 aliphatic rings. The number of nitrogens with one attached hydrogen (secondary N) is 2. The number of ether oxygens (including phenoxy) is 1. The molecule has 0 spiro atoms. The van der Waals surface area contributed by atoms with E-state index >= 15 is 0 Å². The molecule has 1 unspecified atom stereocenters. The van der Waals surface area contributed by atoms with Gasteiger partial charge in [-0.3, -0.25) is 4.79 Å². The third-order valence-corrected chi connectivity index (χ3v) is 5.39. The van der Waals surface area contributed by atoms with Crippen LogP contribution in [0.4, 0.5) is 0 Å². The van der Waals surface area contributed by atoms with Crippen molar-refractivity contribution in [2.45, 2.75) is 64.4 Å². The first-order valence-corrected chi connectivity index (χ1v) is 9.82. The summed E-state index contributed by atoms with van der Waals surface area (Å²) in [5.41, 5.74) is 0.314. The number of rotatable bonds is 6. The zero-order valence-corrected chi connectivity index (χ0v) is 19.0. The van der Waals surface area contributed by atoms with Crippen LogP contribution in [0.25, 0.3) is 0 Å². The van der Waals surface area contributed by atoms with Crippen molar-refractivity contribution in [1.82, 2.24) is 15.5 Å². The van der Waals surface area contributed by atoms with Crippen LogP contribution in [0.1, 0.15) is 58.3 Å². The van der Waals surface area contributed by atoms with Gasteiger partial charge in [0.25, 0.3) is 0 Å². The molecular weight excluding hydrogens is 443 g/mol. The number of hydrogen-bond acceptors (Lipinski definition) is 3. The van der Waals surface area contributed by atoms with Crippen LogP contribution in [0.5, 0.6) is 0 Å². The van der Waals surface area contributed by atoms with Crippen LogP contribution in [-0.2, 0) is 9.53 Å². The number of likely N-dealkylation sites (N-methyl/N-ethyl adjacent to an activating group) is 1. The van der Waals surface area contributed by atoms with E-state index in [4.69, 9.17) is 4.74 Å². The third kappa shape index (κ3) is 8.41. The molecule has 1 atom stereocenters. The molecule has 152 valence electrons. The minimum Gasteiger partial charge on any atom is -0.376 e. The van der Waals surface area contributed by atoms with E-state index in [0.717, 1.165) is 38.5 Å². The smallest absolute Gasteiger partial charge is 0.243 e. The van der Waals surface area contributed by atoms with Gasteiger partial charge >= 0.3 is 0 Å². The van der Waals surface area contributed by atoms with E-state index < -0.39 is 0 Å². The van der Waals surface area contributed by atoms with Gasteiger partial charge in [0.2, 0.25) is 5.91 Å². The average molecular weight is 480 g/mol. The summed E-state index contributed by atoms with van der Waals surface area (Å²) in [5, 5.41) is 6.86. The number of halogens is 1. The van der Waals surface area contributed by atoms with Crippen LogP contribution in [-0.4, -0.2) is 63.2 Å². The molecular formula is C19H37IN4O2. The minimum atomic E-state index is 0. The average Bonchev–Trinajstić information content (AvgIpc) is 3.01. The molecule has 0 aromatic heterocycles. The van der Waals surface area contributed by atoms with Crippen molar-refractivity contribution >= 4 is 35.8 Å². The Labute approximate surface area is 175 Å². The van der Waals surface area contributed by atoms with E-state index in [1.807, 2.05) is 0 Å². The lowest BCUT2D eigenvalue weighted by atomic mass is 9.82. The van der Waals surface area contributed by atoms with Crippen molar-refractivity contribution < 1.29 is 9.53 Å². The Morgan fingerprint density at radius 3 is 2.42 bits per heavy atom. The van der Waals surface area contributed by atoms with Gasteiger partial charge in [0.15, 0.2) is 5.96 Å². The molecule has 1 aliphatic heterocycles. The molecule has 0 aromatic carbocycles. The van der Waals surface area contributed by atoms with Crippen LogP contribution >= 0.6 is 24.0 Å². The topological polar surface area (TPSA) is 66.0 Å². The van der Waals surface area contributed by atoms with Crippen LogP contribution in [0, 0.1) is 5.41 Å². The van der Waals surface area contributed by atoms with E-state index in [-0.39, 0.29) is 42.5 Å². The maximum Gasteiger partial charge on any atom is 0.243 e. The van der Waals surface area contributed by atoms with Crippen molar-refractivity contribution in [1.29, 1.82) is 0 Å². The highest BCUT2D eigenvalue weighted by Gasteiger charge is 2.26. The molecule has 2 rings (SSSR count). The zero-order valence-electron chi connectivity index (χ0n) is 16.7. The molecule has 2 fully saturated rings. The summed E-state index contributed by atoms with van der Waals surface area (Å²) in [7, 11) is 3.52. The normalized spacial score (nSPS) is 22.9. The fraction of sp³-hybridized carbons (Fsp3) is 0.895. The Hall–Kier alpha value is -0.570. The van der Waals surface area contributed by atoms with E-state index in [9.17, 15) is 4.79 Å². The molecule has 26 heavy (non-hydrogen) atoms. The van der Waals surface area contributed by atoms with E-state index in [0.29, 0.717) is 5.41 Å². The molecule has 2 N–H and O–H groups in total. The lowest BCUT2D eigenvalue weighted by Gasteiger charge is -2.29. The highest BCUT2D eigenvalue weighted by atomic mass is 127. The first kappa shape index (κ1) is 23.5. The summed E-state index contributed by atoms with van der Waals surface area (Å²) in [4.78, 5) is 17.9. The summed E-state index contributed by atoms with van der Waals surface area (Å²) in [5.74, 6) is 0.745. The fourth-order valence-corrected chi connectivity index (χ4v) is 3.53. The van der Waals surface area contributed by atoms with Gasteiger partial charge in [0.1, 0.15) is 6.54 Å². The highest BCUT2D eigenvalue weighted by Crippen LogP contribution is 2.33. The van der Waals surface area contributed by atoms with Gasteiger partial charge in [-0.05, 0) is 31.1 Å².